The van der Waals surface area contributed by atoms with E-state index in [1.807, 2.05) is 10.7 Å². The van der Waals surface area contributed by atoms with Crippen LogP contribution >= 0.6 is 11.8 Å². The fourth-order valence-electron chi connectivity index (χ4n) is 3.99. The number of phenols is 1. The van der Waals surface area contributed by atoms with Gasteiger partial charge in [-0.2, -0.15) is 0 Å². The highest BCUT2D eigenvalue weighted by Gasteiger charge is 2.32. The number of nitrogens with zero attached hydrogens (tertiary/aromatic N) is 1. The molecule has 2 heterocycles. The molecule has 144 valence electrons. The molecule has 27 heavy (non-hydrogen) atoms. The predicted octanol–water partition coefficient (Wildman–Crippen LogP) is 3.17. The van der Waals surface area contributed by atoms with Crippen molar-refractivity contribution in [1.82, 2.24) is 9.78 Å². The SMILES string of the molecule is COc1ccc([C@H]2SCC(=O)Nc3c2c(=O)[nH]n3C2CCCCC2)cc1O. The molecule has 1 fully saturated rings. The molecular formula is C19H23N3O4S. The van der Waals surface area contributed by atoms with E-state index in [1.54, 1.807) is 12.1 Å². The zero-order valence-corrected chi connectivity index (χ0v) is 16.0. The lowest BCUT2D eigenvalue weighted by Crippen LogP contribution is -2.21. The number of ether oxygens (including phenoxy) is 1. The van der Waals surface area contributed by atoms with Crippen LogP contribution in [0.25, 0.3) is 0 Å². The molecule has 1 aliphatic heterocycles. The number of rotatable bonds is 3. The average molecular weight is 389 g/mol. The highest BCUT2D eigenvalue weighted by Crippen LogP contribution is 2.43. The van der Waals surface area contributed by atoms with Gasteiger partial charge in [0, 0.05) is 0 Å². The number of fused-ring (bicyclic) bond motifs is 1. The lowest BCUT2D eigenvalue weighted by molar-refractivity contribution is -0.113. The van der Waals surface area contributed by atoms with Gasteiger partial charge >= 0.3 is 0 Å². The van der Waals surface area contributed by atoms with Gasteiger partial charge in [-0.25, -0.2) is 0 Å². The predicted molar refractivity (Wildman–Crippen MR) is 105 cm³/mol. The van der Waals surface area contributed by atoms with E-state index in [0.29, 0.717) is 17.1 Å². The third-order valence-corrected chi connectivity index (χ3v) is 6.58. The van der Waals surface area contributed by atoms with Gasteiger partial charge in [-0.15, -0.1) is 11.8 Å². The van der Waals surface area contributed by atoms with Gasteiger partial charge in [-0.3, -0.25) is 19.4 Å². The summed E-state index contributed by atoms with van der Waals surface area (Å²) in [7, 11) is 1.49. The maximum Gasteiger partial charge on any atom is 0.270 e. The molecule has 2 aliphatic rings. The van der Waals surface area contributed by atoms with Crippen LogP contribution in [0.3, 0.4) is 0 Å². The Morgan fingerprint density at radius 2 is 2.00 bits per heavy atom. The van der Waals surface area contributed by atoms with Crippen molar-refractivity contribution in [3.63, 3.8) is 0 Å². The van der Waals surface area contributed by atoms with Crippen molar-refractivity contribution < 1.29 is 14.6 Å². The first-order valence-electron chi connectivity index (χ1n) is 9.21. The quantitative estimate of drug-likeness (QED) is 0.749. The average Bonchev–Trinajstić information content (AvgIpc) is 2.88. The summed E-state index contributed by atoms with van der Waals surface area (Å²) in [5.74, 6) is 1.09. The summed E-state index contributed by atoms with van der Waals surface area (Å²) in [6, 6.07) is 5.31. The lowest BCUT2D eigenvalue weighted by atomic mass is 9.95. The van der Waals surface area contributed by atoms with Crippen molar-refractivity contribution in [2.24, 2.45) is 0 Å². The number of thioether (sulfide) groups is 1. The van der Waals surface area contributed by atoms with E-state index in [1.165, 1.54) is 25.3 Å². The Hall–Kier alpha value is -2.35. The van der Waals surface area contributed by atoms with E-state index in [2.05, 4.69) is 10.4 Å². The molecule has 2 aromatic rings. The zero-order valence-electron chi connectivity index (χ0n) is 15.2. The van der Waals surface area contributed by atoms with Crippen molar-refractivity contribution >= 4 is 23.5 Å². The standard InChI is InChI=1S/C19H23N3O4S/c1-26-14-8-7-11(9-13(14)23)17-16-18(20-15(24)10-27-17)22(21-19(16)25)12-5-3-2-4-6-12/h7-9,12,17,23H,2-6,10H2,1H3,(H,20,24)(H,21,25)/t17-/m1/s1. The van der Waals surface area contributed by atoms with Crippen molar-refractivity contribution in [2.75, 3.05) is 18.2 Å². The van der Waals surface area contributed by atoms with Gasteiger partial charge in [-0.05, 0) is 30.5 Å². The first-order valence-corrected chi connectivity index (χ1v) is 10.3. The summed E-state index contributed by atoms with van der Waals surface area (Å²) in [4.78, 5) is 25.2. The summed E-state index contributed by atoms with van der Waals surface area (Å²) < 4.78 is 6.97. The number of nitrogens with one attached hydrogen (secondary N) is 2. The number of aromatic amines is 1. The number of carbonyl (C=O) groups is 1. The Bertz CT molecular complexity index is 914. The largest absolute Gasteiger partial charge is 0.504 e. The second-order valence-corrected chi connectivity index (χ2v) is 8.13. The molecule has 1 amide bonds. The van der Waals surface area contributed by atoms with E-state index in [9.17, 15) is 14.7 Å². The van der Waals surface area contributed by atoms with Gasteiger partial charge in [-0.1, -0.05) is 25.3 Å². The molecule has 1 saturated carbocycles. The third-order valence-electron chi connectivity index (χ3n) is 5.31. The molecule has 3 N–H and O–H groups in total. The second kappa shape index (κ2) is 7.34. The van der Waals surface area contributed by atoms with E-state index in [0.717, 1.165) is 31.2 Å². The highest BCUT2D eigenvalue weighted by atomic mass is 32.2. The molecule has 1 atom stereocenters. The molecular weight excluding hydrogens is 366 g/mol. The number of aromatic hydroxyl groups is 1. The van der Waals surface area contributed by atoms with E-state index in [-0.39, 0.29) is 34.3 Å². The lowest BCUT2D eigenvalue weighted by Gasteiger charge is -2.24. The van der Waals surface area contributed by atoms with Gasteiger partial charge < -0.3 is 15.2 Å². The monoisotopic (exact) mass is 389 g/mol. The van der Waals surface area contributed by atoms with Crippen LogP contribution in [0.1, 0.15) is 54.5 Å². The highest BCUT2D eigenvalue weighted by molar-refractivity contribution is 8.00. The van der Waals surface area contributed by atoms with Crippen LogP contribution < -0.4 is 15.6 Å². The van der Waals surface area contributed by atoms with Crippen LogP contribution in [0.4, 0.5) is 5.82 Å². The number of hydrogen-bond acceptors (Lipinski definition) is 5. The fourth-order valence-corrected chi connectivity index (χ4v) is 5.10. The number of hydrogen-bond donors (Lipinski definition) is 3. The van der Waals surface area contributed by atoms with Crippen molar-refractivity contribution in [2.45, 2.75) is 43.4 Å². The number of aromatic nitrogens is 2. The second-order valence-electron chi connectivity index (χ2n) is 7.04. The van der Waals surface area contributed by atoms with Crippen molar-refractivity contribution in [3.05, 3.63) is 39.7 Å². The van der Waals surface area contributed by atoms with Gasteiger partial charge in [0.2, 0.25) is 5.91 Å². The molecule has 8 heteroatoms. The van der Waals surface area contributed by atoms with Crippen LogP contribution in [0.2, 0.25) is 0 Å². The summed E-state index contributed by atoms with van der Waals surface area (Å²) in [5, 5.41) is 15.7. The first kappa shape index (κ1) is 18.0. The molecule has 1 aliphatic carbocycles. The molecule has 1 aromatic carbocycles. The van der Waals surface area contributed by atoms with Gasteiger partial charge in [0.1, 0.15) is 5.82 Å². The fraction of sp³-hybridized carbons (Fsp3) is 0.474. The Morgan fingerprint density at radius 1 is 1.22 bits per heavy atom. The number of methoxy groups -OCH3 is 1. The summed E-state index contributed by atoms with van der Waals surface area (Å²) in [6.45, 7) is 0. The van der Waals surface area contributed by atoms with Crippen molar-refractivity contribution in [3.8, 4) is 11.5 Å². The summed E-state index contributed by atoms with van der Waals surface area (Å²) in [6.07, 6.45) is 5.44. The maximum atomic E-state index is 12.9. The molecule has 7 nitrogen and oxygen atoms in total. The maximum absolute atomic E-state index is 12.9. The molecule has 0 spiro atoms. The molecule has 0 bridgehead atoms. The molecule has 4 rings (SSSR count). The smallest absolute Gasteiger partial charge is 0.270 e. The van der Waals surface area contributed by atoms with Crippen LogP contribution in [-0.4, -0.2) is 33.7 Å². The van der Waals surface area contributed by atoms with Gasteiger partial charge in [0.15, 0.2) is 11.5 Å². The van der Waals surface area contributed by atoms with Crippen LogP contribution in [-0.2, 0) is 4.79 Å². The minimum absolute atomic E-state index is 0.0174. The number of benzene rings is 1. The Kier molecular flexibility index (Phi) is 4.90. The number of H-pyrrole nitrogens is 1. The Labute approximate surface area is 161 Å². The minimum Gasteiger partial charge on any atom is -0.504 e. The molecule has 1 aromatic heterocycles. The number of amides is 1. The molecule has 0 saturated heterocycles. The van der Waals surface area contributed by atoms with Crippen LogP contribution in [0.5, 0.6) is 11.5 Å². The number of phenolic OH excluding ortho intramolecular Hbond substituents is 1. The van der Waals surface area contributed by atoms with Gasteiger partial charge in [0.05, 0.1) is 29.7 Å². The van der Waals surface area contributed by atoms with E-state index < -0.39 is 0 Å². The zero-order chi connectivity index (χ0) is 19.0. The summed E-state index contributed by atoms with van der Waals surface area (Å²) >= 11 is 1.39. The topological polar surface area (TPSA) is 96.4 Å². The van der Waals surface area contributed by atoms with Crippen LogP contribution in [0.15, 0.2) is 23.0 Å². The van der Waals surface area contributed by atoms with Crippen molar-refractivity contribution in [1.29, 1.82) is 0 Å². The third kappa shape index (κ3) is 3.34. The number of anilines is 1. The summed E-state index contributed by atoms with van der Waals surface area (Å²) in [5.41, 5.74) is 1.12. The Morgan fingerprint density at radius 3 is 2.70 bits per heavy atom. The van der Waals surface area contributed by atoms with E-state index >= 15 is 0 Å². The minimum atomic E-state index is -0.343. The number of carbonyl (C=O) groups excluding carboxylic acids is 1. The van der Waals surface area contributed by atoms with E-state index in [4.69, 9.17) is 4.74 Å². The molecule has 0 radical (unpaired) electrons. The molecule has 0 unspecified atom stereocenters. The van der Waals surface area contributed by atoms with Crippen LogP contribution in [0, 0.1) is 0 Å². The van der Waals surface area contributed by atoms with Gasteiger partial charge in [0.25, 0.3) is 5.56 Å². The normalized spacial score (nSPS) is 20.6. The Balaban J connectivity index is 1.80. The first-order chi connectivity index (χ1) is 13.1.